The van der Waals surface area contributed by atoms with Gasteiger partial charge in [0.2, 0.25) is 0 Å². The molecule has 1 aliphatic carbocycles. The van der Waals surface area contributed by atoms with Crippen molar-refractivity contribution in [1.29, 1.82) is 0 Å². The van der Waals surface area contributed by atoms with Crippen molar-refractivity contribution in [3.05, 3.63) is 503 Å². The number of para-hydroxylation sites is 2. The van der Waals surface area contributed by atoms with Gasteiger partial charge in [-0.15, -0.1) is 34.0 Å². The quantitative estimate of drug-likeness (QED) is 0.114. The third-order valence-electron chi connectivity index (χ3n) is 29.4. The molecule has 0 amide bonds. The number of benzene rings is 24. The molecule has 24 aromatic carbocycles. The maximum absolute atomic E-state index is 6.39. The van der Waals surface area contributed by atoms with Gasteiger partial charge in [-0.3, -0.25) is 0 Å². The Morgan fingerprint density at radius 3 is 1.01 bits per heavy atom. The highest BCUT2D eigenvalue weighted by molar-refractivity contribution is 7.26. The van der Waals surface area contributed by atoms with Gasteiger partial charge in [0.05, 0.1) is 0 Å². The van der Waals surface area contributed by atoms with Crippen LogP contribution in [-0.4, -0.2) is 0 Å². The van der Waals surface area contributed by atoms with Crippen LogP contribution in [0.4, 0.5) is 51.2 Å². The van der Waals surface area contributed by atoms with Crippen LogP contribution < -0.4 is 14.7 Å². The minimum atomic E-state index is -0.0531. The van der Waals surface area contributed by atoms with Gasteiger partial charge in [0.15, 0.2) is 0 Å². The first-order chi connectivity index (χ1) is 70.6. The molecule has 1 aliphatic rings. The maximum atomic E-state index is 6.39. The number of fused-ring (bicyclic) bond motifs is 30. The van der Waals surface area contributed by atoms with E-state index in [1.54, 1.807) is 0 Å². The van der Waals surface area contributed by atoms with Gasteiger partial charge in [-0.1, -0.05) is 335 Å². The number of thiophene rings is 3. The monoisotopic (exact) mass is 1880 g/mol. The summed E-state index contributed by atoms with van der Waals surface area (Å²) >= 11 is 5.61. The largest absolute Gasteiger partial charge is 0.456 e. The van der Waals surface area contributed by atoms with Gasteiger partial charge < -0.3 is 23.5 Å². The number of hydrogen-bond acceptors (Lipinski definition) is 8. The maximum Gasteiger partial charge on any atom is 0.137 e. The highest BCUT2D eigenvalue weighted by Gasteiger charge is 2.37. The van der Waals surface area contributed by atoms with Gasteiger partial charge in [-0.05, 0) is 284 Å². The summed E-state index contributed by atoms with van der Waals surface area (Å²) in [5.41, 5.74) is 26.2. The first kappa shape index (κ1) is 83.6. The molecule has 0 aliphatic heterocycles. The van der Waals surface area contributed by atoms with E-state index in [1.807, 2.05) is 58.3 Å². The lowest BCUT2D eigenvalue weighted by atomic mass is 9.82. The molecular formula is C135H87N3O2S3. The summed E-state index contributed by atoms with van der Waals surface area (Å²) in [5, 5.41) is 27.7. The van der Waals surface area contributed by atoms with Gasteiger partial charge in [0, 0.05) is 145 Å². The topological polar surface area (TPSA) is 36.0 Å². The zero-order valence-electron chi connectivity index (χ0n) is 78.1. The Hall–Kier alpha value is -17.5. The summed E-state index contributed by atoms with van der Waals surface area (Å²) in [6, 6.07) is 179. The van der Waals surface area contributed by atoms with Gasteiger partial charge in [-0.25, -0.2) is 0 Å². The number of anilines is 9. The van der Waals surface area contributed by atoms with Crippen LogP contribution in [0.3, 0.4) is 0 Å². The van der Waals surface area contributed by atoms with E-state index in [4.69, 9.17) is 8.83 Å². The standard InChI is InChI=1S/C47H33NS.2C44H27NOS/c1-47(2)41-17-8-6-16-38(41)46-42(47)25-22-32-20-19-31-21-23-35(28-39(31)45(32)46)48(34-14-10-13-33(27-34)30-11-4-3-5-12-30)36-24-26-44-40(29-36)37-15-7-9-18-43(37)49-44;1-2-9-28(10-3-1)31-11-8-12-32(25-31)45(34-22-23-36-35-13-4-6-15-39(35)46-40(36)27-34)33-21-19-29-17-18-30-20-24-42-44(43(30)38(29)26-33)37-14-5-7-16-41(37)47-42;1-2-9-28(10-3-1)31-11-8-12-32(25-31)45(34-22-23-40-38(27-34)35-13-4-6-15-39(35)46-40)33-21-19-29-17-18-30-20-24-42-44(43(30)37(29)26-33)36-14-5-7-16-41(36)47-42/h3-29H,1-2H3;2*1-27H. The van der Waals surface area contributed by atoms with Crippen LogP contribution in [0.2, 0.25) is 0 Å². The summed E-state index contributed by atoms with van der Waals surface area (Å²) in [5.74, 6) is 0. The Kier molecular flexibility index (Phi) is 19.9. The fourth-order valence-corrected chi connectivity index (χ4v) is 26.0. The lowest BCUT2D eigenvalue weighted by Crippen LogP contribution is -2.14. The van der Waals surface area contributed by atoms with Crippen LogP contribution in [0.25, 0.3) is 214 Å². The highest BCUT2D eigenvalue weighted by atomic mass is 32.1. The molecule has 0 fully saturated rings. The minimum absolute atomic E-state index is 0.0531. The molecule has 0 N–H and O–H groups in total. The van der Waals surface area contributed by atoms with Gasteiger partial charge in [0.25, 0.3) is 0 Å². The molecule has 672 valence electrons. The molecule has 29 aromatic rings. The average Bonchev–Trinajstić information content (AvgIpc) is 1.64. The van der Waals surface area contributed by atoms with Crippen molar-refractivity contribution in [2.24, 2.45) is 0 Å². The molecule has 0 spiro atoms. The van der Waals surface area contributed by atoms with Crippen molar-refractivity contribution < 1.29 is 8.83 Å². The van der Waals surface area contributed by atoms with E-state index >= 15 is 0 Å². The lowest BCUT2D eigenvalue weighted by Gasteiger charge is -2.27. The zero-order chi connectivity index (χ0) is 94.5. The molecule has 0 unspecified atom stereocenters. The smallest absolute Gasteiger partial charge is 0.137 e. The van der Waals surface area contributed by atoms with Gasteiger partial charge in [0.1, 0.15) is 22.3 Å². The zero-order valence-corrected chi connectivity index (χ0v) is 80.6. The molecule has 5 nitrogen and oxygen atoms in total. The molecule has 0 saturated carbocycles. The van der Waals surface area contributed by atoms with E-state index in [2.05, 4.69) is 496 Å². The molecule has 30 rings (SSSR count). The predicted octanol–water partition coefficient (Wildman–Crippen LogP) is 40.6. The van der Waals surface area contributed by atoms with Crippen LogP contribution in [-0.2, 0) is 5.41 Å². The summed E-state index contributed by atoms with van der Waals surface area (Å²) < 4.78 is 20.5. The van der Waals surface area contributed by atoms with Crippen molar-refractivity contribution in [2.45, 2.75) is 19.3 Å². The van der Waals surface area contributed by atoms with E-state index in [1.165, 1.54) is 181 Å². The molecule has 0 saturated heterocycles. The van der Waals surface area contributed by atoms with E-state index in [0.29, 0.717) is 0 Å². The molecule has 8 heteroatoms. The van der Waals surface area contributed by atoms with E-state index in [9.17, 15) is 0 Å². The van der Waals surface area contributed by atoms with Crippen LogP contribution in [0.15, 0.2) is 500 Å². The second-order valence-corrected chi connectivity index (χ2v) is 41.3. The summed E-state index contributed by atoms with van der Waals surface area (Å²) in [7, 11) is 0. The van der Waals surface area contributed by atoms with Crippen molar-refractivity contribution in [2.75, 3.05) is 14.7 Å². The highest BCUT2D eigenvalue weighted by Crippen LogP contribution is 2.55. The predicted molar refractivity (Wildman–Crippen MR) is 616 cm³/mol. The molecule has 0 bridgehead atoms. The first-order valence-electron chi connectivity index (χ1n) is 48.9. The minimum Gasteiger partial charge on any atom is -0.456 e. The van der Waals surface area contributed by atoms with Crippen LogP contribution >= 0.6 is 34.0 Å². The number of rotatable bonds is 12. The Bertz CT molecular complexity index is 10200. The Labute approximate surface area is 837 Å². The van der Waals surface area contributed by atoms with Crippen molar-refractivity contribution in [3.63, 3.8) is 0 Å². The van der Waals surface area contributed by atoms with E-state index in [0.717, 1.165) is 95.1 Å². The molecule has 143 heavy (non-hydrogen) atoms. The van der Waals surface area contributed by atoms with Crippen molar-refractivity contribution in [1.82, 2.24) is 0 Å². The third kappa shape index (κ3) is 14.2. The van der Waals surface area contributed by atoms with Gasteiger partial charge >= 0.3 is 0 Å². The number of furan rings is 2. The summed E-state index contributed by atoms with van der Waals surface area (Å²) in [6.07, 6.45) is 0. The van der Waals surface area contributed by atoms with Gasteiger partial charge in [-0.2, -0.15) is 0 Å². The summed E-state index contributed by atoms with van der Waals surface area (Å²) in [6.45, 7) is 4.73. The van der Waals surface area contributed by atoms with Crippen molar-refractivity contribution in [3.8, 4) is 44.5 Å². The molecule has 0 atom stereocenters. The van der Waals surface area contributed by atoms with E-state index < -0.39 is 0 Å². The lowest BCUT2D eigenvalue weighted by molar-refractivity contribution is 0.661. The third-order valence-corrected chi connectivity index (χ3v) is 32.9. The normalized spacial score (nSPS) is 12.3. The van der Waals surface area contributed by atoms with Crippen LogP contribution in [0.1, 0.15) is 25.0 Å². The summed E-state index contributed by atoms with van der Waals surface area (Å²) in [4.78, 5) is 7.19. The molecule has 5 heterocycles. The van der Waals surface area contributed by atoms with Crippen LogP contribution in [0.5, 0.6) is 0 Å². The Balaban J connectivity index is 0.000000105. The van der Waals surface area contributed by atoms with Crippen molar-refractivity contribution >= 4 is 254 Å². The molecule has 0 radical (unpaired) electrons. The fraction of sp³-hybridized carbons (Fsp3) is 0.0222. The van der Waals surface area contributed by atoms with Crippen LogP contribution in [0, 0.1) is 0 Å². The second kappa shape index (κ2) is 34.0. The number of hydrogen-bond donors (Lipinski definition) is 0. The second-order valence-electron chi connectivity index (χ2n) is 38.0. The number of nitrogens with zero attached hydrogens (tertiary/aromatic N) is 3. The molecule has 5 aromatic heterocycles. The Morgan fingerprint density at radius 1 is 0.175 bits per heavy atom. The van der Waals surface area contributed by atoms with E-state index in [-0.39, 0.29) is 5.41 Å². The average molecular weight is 1880 g/mol. The first-order valence-corrected chi connectivity index (χ1v) is 51.3. The Morgan fingerprint density at radius 2 is 0.490 bits per heavy atom. The fourth-order valence-electron chi connectivity index (χ4n) is 22.7. The molecular weight excluding hydrogens is 1790 g/mol. The SMILES string of the molecule is CC1(C)c2ccccc2-c2c1ccc1ccc3ccc(N(c4cccc(-c5ccccc5)c4)c4ccc5sc6ccccc6c5c4)cc3c21.c1ccc(-c2cccc(N(c3ccc4c(c3)oc3ccccc34)c3ccc4ccc5ccc6sc7ccccc7c6c5c4c3)c2)cc1.c1ccc(-c2cccc(N(c3ccc4oc5ccccc5c4c3)c3ccc4ccc5ccc6sc7ccccc7c6c5c4c3)c2)cc1.